The van der Waals surface area contributed by atoms with Gasteiger partial charge >= 0.3 is 0 Å². The van der Waals surface area contributed by atoms with E-state index in [1.807, 2.05) is 0 Å². The summed E-state index contributed by atoms with van der Waals surface area (Å²) in [5, 5.41) is 8.97. The van der Waals surface area contributed by atoms with E-state index in [1.54, 1.807) is 11.0 Å². The number of amides is 1. The first kappa shape index (κ1) is 15.7. The Balaban J connectivity index is 2.06. The Hall–Kier alpha value is -1.66. The molecular weight excluding hydrogens is 275 g/mol. The molecule has 1 aromatic rings. The molecule has 0 saturated carbocycles. The van der Waals surface area contributed by atoms with Crippen LogP contribution in [0.3, 0.4) is 0 Å². The molecule has 0 unspecified atom stereocenters. The smallest absolute Gasteiger partial charge is 0.256 e. The van der Waals surface area contributed by atoms with Gasteiger partial charge in [-0.1, -0.05) is 0 Å². The number of halogens is 1. The largest absolute Gasteiger partial charge is 0.497 e. The predicted molar refractivity (Wildman–Crippen MR) is 77.0 cm³/mol. The summed E-state index contributed by atoms with van der Waals surface area (Å²) >= 11 is 0. The molecule has 0 spiro atoms. The van der Waals surface area contributed by atoms with Crippen molar-refractivity contribution >= 4 is 5.91 Å². The van der Waals surface area contributed by atoms with Gasteiger partial charge in [0, 0.05) is 32.2 Å². The summed E-state index contributed by atoms with van der Waals surface area (Å²) in [4.78, 5) is 16.2. The summed E-state index contributed by atoms with van der Waals surface area (Å²) in [7, 11) is 1.46. The number of hydrogen-bond donors (Lipinski definition) is 1. The number of hydrogen-bond acceptors (Lipinski definition) is 4. The van der Waals surface area contributed by atoms with Crippen LogP contribution in [-0.4, -0.2) is 67.3 Å². The zero-order valence-electron chi connectivity index (χ0n) is 12.2. The van der Waals surface area contributed by atoms with Crippen molar-refractivity contribution in [2.45, 2.75) is 6.42 Å². The minimum absolute atomic E-state index is 0.0754. The Morgan fingerprint density at radius 3 is 2.81 bits per heavy atom. The zero-order chi connectivity index (χ0) is 15.2. The molecule has 1 fully saturated rings. The van der Waals surface area contributed by atoms with Gasteiger partial charge in [0.1, 0.15) is 11.6 Å². The van der Waals surface area contributed by atoms with Crippen molar-refractivity contribution < 1.29 is 19.0 Å². The standard InChI is InChI=1S/C15H21FN2O3/c1-21-12-3-4-13(14(16)11-12)15(20)18-6-2-5-17(7-8-18)9-10-19/h3-4,11,19H,2,5-10H2,1H3. The topological polar surface area (TPSA) is 53.0 Å². The predicted octanol–water partition coefficient (Wildman–Crippen LogP) is 0.974. The summed E-state index contributed by atoms with van der Waals surface area (Å²) in [6, 6.07) is 4.28. The van der Waals surface area contributed by atoms with Gasteiger partial charge in [0.15, 0.2) is 0 Å². The fraction of sp³-hybridized carbons (Fsp3) is 0.533. The van der Waals surface area contributed by atoms with Gasteiger partial charge in [-0.2, -0.15) is 0 Å². The lowest BCUT2D eigenvalue weighted by Crippen LogP contribution is -2.36. The first-order valence-corrected chi connectivity index (χ1v) is 7.11. The summed E-state index contributed by atoms with van der Waals surface area (Å²) in [5.41, 5.74) is 0.0754. The van der Waals surface area contributed by atoms with E-state index in [4.69, 9.17) is 9.84 Å². The van der Waals surface area contributed by atoms with Crippen molar-refractivity contribution in [3.05, 3.63) is 29.6 Å². The number of aliphatic hydroxyl groups excluding tert-OH is 1. The quantitative estimate of drug-likeness (QED) is 0.900. The molecule has 0 aliphatic carbocycles. The Bertz CT molecular complexity index is 496. The molecule has 1 aromatic carbocycles. The van der Waals surface area contributed by atoms with Crippen LogP contribution in [0.4, 0.5) is 4.39 Å². The molecule has 0 atom stereocenters. The fourth-order valence-corrected chi connectivity index (χ4v) is 2.51. The summed E-state index contributed by atoms with van der Waals surface area (Å²) in [5.74, 6) is -0.453. The van der Waals surface area contributed by atoms with Gasteiger partial charge < -0.3 is 14.7 Å². The average Bonchev–Trinajstić information content (AvgIpc) is 2.72. The zero-order valence-corrected chi connectivity index (χ0v) is 12.2. The van der Waals surface area contributed by atoms with Crippen LogP contribution in [0.1, 0.15) is 16.8 Å². The molecule has 1 N–H and O–H groups in total. The van der Waals surface area contributed by atoms with Gasteiger partial charge in [0.2, 0.25) is 0 Å². The fourth-order valence-electron chi connectivity index (χ4n) is 2.51. The summed E-state index contributed by atoms with van der Waals surface area (Å²) in [6.45, 7) is 3.41. The molecule has 1 aliphatic rings. The van der Waals surface area contributed by atoms with E-state index in [1.165, 1.54) is 19.2 Å². The molecule has 5 nitrogen and oxygen atoms in total. The van der Waals surface area contributed by atoms with E-state index in [2.05, 4.69) is 4.90 Å². The number of ether oxygens (including phenoxy) is 1. The molecule has 6 heteroatoms. The molecule has 0 aromatic heterocycles. The van der Waals surface area contributed by atoms with Crippen molar-refractivity contribution in [3.8, 4) is 5.75 Å². The van der Waals surface area contributed by atoms with Crippen LogP contribution in [0, 0.1) is 5.82 Å². The Kier molecular flexibility index (Phi) is 5.52. The van der Waals surface area contributed by atoms with Gasteiger partial charge in [-0.05, 0) is 25.1 Å². The maximum absolute atomic E-state index is 14.0. The maximum atomic E-state index is 14.0. The maximum Gasteiger partial charge on any atom is 0.256 e. The number of carbonyl (C=O) groups is 1. The monoisotopic (exact) mass is 296 g/mol. The van der Waals surface area contributed by atoms with E-state index in [0.29, 0.717) is 31.9 Å². The average molecular weight is 296 g/mol. The summed E-state index contributed by atoms with van der Waals surface area (Å²) < 4.78 is 18.9. The van der Waals surface area contributed by atoms with Crippen LogP contribution in [0.5, 0.6) is 5.75 Å². The van der Waals surface area contributed by atoms with E-state index < -0.39 is 5.82 Å². The molecule has 1 saturated heterocycles. The third-order valence-electron chi connectivity index (χ3n) is 3.70. The van der Waals surface area contributed by atoms with Crippen LogP contribution in [0.2, 0.25) is 0 Å². The minimum Gasteiger partial charge on any atom is -0.497 e. The second-order valence-electron chi connectivity index (χ2n) is 5.06. The third kappa shape index (κ3) is 3.92. The Morgan fingerprint density at radius 1 is 1.33 bits per heavy atom. The van der Waals surface area contributed by atoms with Gasteiger partial charge in [-0.25, -0.2) is 4.39 Å². The SMILES string of the molecule is COc1ccc(C(=O)N2CCCN(CCO)CC2)c(F)c1. The lowest BCUT2D eigenvalue weighted by Gasteiger charge is -2.22. The van der Waals surface area contributed by atoms with Crippen molar-refractivity contribution in [3.63, 3.8) is 0 Å². The second-order valence-corrected chi connectivity index (χ2v) is 5.06. The molecule has 1 amide bonds. The number of nitrogens with zero attached hydrogens (tertiary/aromatic N) is 2. The normalized spacial score (nSPS) is 16.6. The third-order valence-corrected chi connectivity index (χ3v) is 3.70. The van der Waals surface area contributed by atoms with E-state index >= 15 is 0 Å². The molecule has 2 rings (SSSR count). The van der Waals surface area contributed by atoms with Crippen LogP contribution in [-0.2, 0) is 0 Å². The molecule has 0 radical (unpaired) electrons. The van der Waals surface area contributed by atoms with Crippen LogP contribution in [0.25, 0.3) is 0 Å². The number of rotatable bonds is 4. The van der Waals surface area contributed by atoms with E-state index in [9.17, 15) is 9.18 Å². The first-order valence-electron chi connectivity index (χ1n) is 7.11. The van der Waals surface area contributed by atoms with Crippen molar-refractivity contribution in [2.75, 3.05) is 46.4 Å². The van der Waals surface area contributed by atoms with Crippen LogP contribution < -0.4 is 4.74 Å². The number of β-amino-alcohol motifs (C(OH)–C–C–N with tert-alkyl or cyclic N) is 1. The minimum atomic E-state index is -0.559. The van der Waals surface area contributed by atoms with Crippen molar-refractivity contribution in [1.29, 1.82) is 0 Å². The lowest BCUT2D eigenvalue weighted by molar-refractivity contribution is 0.0756. The molecule has 1 heterocycles. The van der Waals surface area contributed by atoms with E-state index in [-0.39, 0.29) is 18.1 Å². The van der Waals surface area contributed by atoms with Crippen molar-refractivity contribution in [2.24, 2.45) is 0 Å². The van der Waals surface area contributed by atoms with Gasteiger partial charge in [-0.15, -0.1) is 0 Å². The Labute approximate surface area is 123 Å². The second kappa shape index (κ2) is 7.38. The number of benzene rings is 1. The van der Waals surface area contributed by atoms with E-state index in [0.717, 1.165) is 13.0 Å². The molecule has 1 aliphatic heterocycles. The van der Waals surface area contributed by atoms with Crippen molar-refractivity contribution in [1.82, 2.24) is 9.80 Å². The Morgan fingerprint density at radius 2 is 2.14 bits per heavy atom. The van der Waals surface area contributed by atoms with Gasteiger partial charge in [0.05, 0.1) is 19.3 Å². The number of methoxy groups -OCH3 is 1. The van der Waals surface area contributed by atoms with Crippen LogP contribution in [0.15, 0.2) is 18.2 Å². The highest BCUT2D eigenvalue weighted by atomic mass is 19.1. The molecule has 0 bridgehead atoms. The highest BCUT2D eigenvalue weighted by Crippen LogP contribution is 2.18. The molecule has 21 heavy (non-hydrogen) atoms. The summed E-state index contributed by atoms with van der Waals surface area (Å²) in [6.07, 6.45) is 0.823. The van der Waals surface area contributed by atoms with Gasteiger partial charge in [-0.3, -0.25) is 9.69 Å². The van der Waals surface area contributed by atoms with Crippen LogP contribution >= 0.6 is 0 Å². The first-order chi connectivity index (χ1) is 10.2. The highest BCUT2D eigenvalue weighted by Gasteiger charge is 2.22. The highest BCUT2D eigenvalue weighted by molar-refractivity contribution is 5.94. The van der Waals surface area contributed by atoms with Gasteiger partial charge in [0.25, 0.3) is 5.91 Å². The number of carbonyl (C=O) groups excluding carboxylic acids is 1. The lowest BCUT2D eigenvalue weighted by atomic mass is 10.1. The number of aliphatic hydroxyl groups is 1. The molecule has 116 valence electrons. The molecular formula is C15H21FN2O3.